The van der Waals surface area contributed by atoms with Gasteiger partial charge >= 0.3 is 0 Å². The van der Waals surface area contributed by atoms with E-state index in [1.54, 1.807) is 18.5 Å². The van der Waals surface area contributed by atoms with Crippen LogP contribution in [0.4, 0.5) is 11.4 Å². The summed E-state index contributed by atoms with van der Waals surface area (Å²) >= 11 is 0. The van der Waals surface area contributed by atoms with Crippen molar-refractivity contribution >= 4 is 17.3 Å². The molecule has 0 aliphatic rings. The van der Waals surface area contributed by atoms with E-state index in [-0.39, 0.29) is 5.91 Å². The zero-order valence-corrected chi connectivity index (χ0v) is 9.47. The van der Waals surface area contributed by atoms with E-state index in [4.69, 9.17) is 5.73 Å². The summed E-state index contributed by atoms with van der Waals surface area (Å²) in [6, 6.07) is 9.36. The molecule has 0 saturated carbocycles. The number of aromatic nitrogens is 1. The lowest BCUT2D eigenvalue weighted by molar-refractivity contribution is -0.114. The standard InChI is InChI=1S/C13H13N3O/c1-9(17)16-13-8-11(2-3-12(13)14)10-4-6-15-7-5-10/h2-8H,14H2,1H3,(H,16,17). The fourth-order valence-corrected chi connectivity index (χ4v) is 1.58. The first-order valence-corrected chi connectivity index (χ1v) is 5.24. The highest BCUT2D eigenvalue weighted by Crippen LogP contribution is 2.26. The second-order valence-electron chi connectivity index (χ2n) is 3.72. The Bertz CT molecular complexity index is 538. The van der Waals surface area contributed by atoms with Gasteiger partial charge < -0.3 is 11.1 Å². The summed E-state index contributed by atoms with van der Waals surface area (Å²) in [7, 11) is 0. The number of amides is 1. The van der Waals surface area contributed by atoms with E-state index < -0.39 is 0 Å². The van der Waals surface area contributed by atoms with Crippen molar-refractivity contribution in [3.8, 4) is 11.1 Å². The maximum absolute atomic E-state index is 11.0. The van der Waals surface area contributed by atoms with Crippen LogP contribution in [0.3, 0.4) is 0 Å². The van der Waals surface area contributed by atoms with E-state index in [2.05, 4.69) is 10.3 Å². The van der Waals surface area contributed by atoms with Gasteiger partial charge in [-0.3, -0.25) is 9.78 Å². The lowest BCUT2D eigenvalue weighted by atomic mass is 10.1. The van der Waals surface area contributed by atoms with Crippen molar-refractivity contribution in [1.82, 2.24) is 4.98 Å². The average Bonchev–Trinajstić information content (AvgIpc) is 2.32. The Balaban J connectivity index is 2.41. The predicted octanol–water partition coefficient (Wildman–Crippen LogP) is 2.29. The molecule has 0 bridgehead atoms. The summed E-state index contributed by atoms with van der Waals surface area (Å²) in [4.78, 5) is 15.0. The smallest absolute Gasteiger partial charge is 0.221 e. The average molecular weight is 227 g/mol. The Kier molecular flexibility index (Phi) is 3.05. The molecule has 2 rings (SSSR count). The molecule has 4 nitrogen and oxygen atoms in total. The van der Waals surface area contributed by atoms with Crippen LogP contribution in [-0.2, 0) is 4.79 Å². The van der Waals surface area contributed by atoms with Gasteiger partial charge in [0.15, 0.2) is 0 Å². The van der Waals surface area contributed by atoms with E-state index in [0.717, 1.165) is 11.1 Å². The molecule has 3 N–H and O–H groups in total. The summed E-state index contributed by atoms with van der Waals surface area (Å²) < 4.78 is 0. The number of nitrogens with zero attached hydrogens (tertiary/aromatic N) is 1. The third-order valence-electron chi connectivity index (χ3n) is 2.38. The van der Waals surface area contributed by atoms with Crippen LogP contribution in [0.25, 0.3) is 11.1 Å². The SMILES string of the molecule is CC(=O)Nc1cc(-c2ccncc2)ccc1N. The van der Waals surface area contributed by atoms with Crippen LogP contribution < -0.4 is 11.1 Å². The highest BCUT2D eigenvalue weighted by Gasteiger charge is 2.04. The van der Waals surface area contributed by atoms with E-state index in [1.165, 1.54) is 6.92 Å². The lowest BCUT2D eigenvalue weighted by Crippen LogP contribution is -2.08. The molecule has 0 aliphatic heterocycles. The Morgan fingerprint density at radius 1 is 1.18 bits per heavy atom. The molecular formula is C13H13N3O. The van der Waals surface area contributed by atoms with E-state index in [1.807, 2.05) is 24.3 Å². The van der Waals surface area contributed by atoms with Gasteiger partial charge in [0.25, 0.3) is 0 Å². The van der Waals surface area contributed by atoms with E-state index in [9.17, 15) is 4.79 Å². The molecule has 4 heteroatoms. The van der Waals surface area contributed by atoms with Gasteiger partial charge in [0.2, 0.25) is 5.91 Å². The number of benzene rings is 1. The Labute approximate surface area is 99.5 Å². The van der Waals surface area contributed by atoms with Crippen LogP contribution in [0.1, 0.15) is 6.92 Å². The van der Waals surface area contributed by atoms with Gasteiger partial charge in [0.05, 0.1) is 11.4 Å². The minimum absolute atomic E-state index is 0.136. The monoisotopic (exact) mass is 227 g/mol. The summed E-state index contributed by atoms with van der Waals surface area (Å²) in [6.45, 7) is 1.46. The molecule has 0 aliphatic carbocycles. The summed E-state index contributed by atoms with van der Waals surface area (Å²) in [6.07, 6.45) is 3.45. The first-order valence-electron chi connectivity index (χ1n) is 5.24. The topological polar surface area (TPSA) is 68.0 Å². The molecule has 0 fully saturated rings. The van der Waals surface area contributed by atoms with Crippen molar-refractivity contribution in [2.75, 3.05) is 11.1 Å². The van der Waals surface area contributed by atoms with Crippen molar-refractivity contribution in [1.29, 1.82) is 0 Å². The highest BCUT2D eigenvalue weighted by molar-refractivity contribution is 5.93. The minimum atomic E-state index is -0.136. The zero-order chi connectivity index (χ0) is 12.3. The zero-order valence-electron chi connectivity index (χ0n) is 9.47. The largest absolute Gasteiger partial charge is 0.397 e. The van der Waals surface area contributed by atoms with Crippen LogP contribution >= 0.6 is 0 Å². The van der Waals surface area contributed by atoms with Crippen LogP contribution in [0.5, 0.6) is 0 Å². The fourth-order valence-electron chi connectivity index (χ4n) is 1.58. The molecular weight excluding hydrogens is 214 g/mol. The number of pyridine rings is 1. The molecule has 0 unspecified atom stereocenters. The third-order valence-corrected chi connectivity index (χ3v) is 2.38. The lowest BCUT2D eigenvalue weighted by Gasteiger charge is -2.09. The van der Waals surface area contributed by atoms with Crippen molar-refractivity contribution in [2.24, 2.45) is 0 Å². The van der Waals surface area contributed by atoms with Crippen LogP contribution in [0.2, 0.25) is 0 Å². The molecule has 17 heavy (non-hydrogen) atoms. The van der Waals surface area contributed by atoms with Crippen LogP contribution in [0, 0.1) is 0 Å². The Hall–Kier alpha value is -2.36. The molecule has 0 radical (unpaired) electrons. The van der Waals surface area contributed by atoms with Gasteiger partial charge in [-0.2, -0.15) is 0 Å². The Morgan fingerprint density at radius 3 is 2.53 bits per heavy atom. The normalized spacial score (nSPS) is 9.94. The molecule has 86 valence electrons. The Morgan fingerprint density at radius 2 is 1.88 bits per heavy atom. The summed E-state index contributed by atoms with van der Waals surface area (Å²) in [5.41, 5.74) is 9.00. The first-order chi connectivity index (χ1) is 8.16. The second-order valence-corrected chi connectivity index (χ2v) is 3.72. The minimum Gasteiger partial charge on any atom is -0.397 e. The second kappa shape index (κ2) is 4.65. The molecule has 0 spiro atoms. The predicted molar refractivity (Wildman–Crippen MR) is 68.4 cm³/mol. The van der Waals surface area contributed by atoms with Crippen molar-refractivity contribution in [3.63, 3.8) is 0 Å². The van der Waals surface area contributed by atoms with Gasteiger partial charge in [-0.25, -0.2) is 0 Å². The van der Waals surface area contributed by atoms with Gasteiger partial charge in [0, 0.05) is 19.3 Å². The molecule has 2 aromatic rings. The summed E-state index contributed by atoms with van der Waals surface area (Å²) in [5, 5.41) is 2.70. The number of carbonyl (C=O) groups excluding carboxylic acids is 1. The molecule has 1 heterocycles. The number of carbonyl (C=O) groups is 1. The van der Waals surface area contributed by atoms with Gasteiger partial charge in [-0.05, 0) is 35.4 Å². The molecule has 1 aromatic carbocycles. The van der Waals surface area contributed by atoms with Crippen molar-refractivity contribution < 1.29 is 4.79 Å². The number of anilines is 2. The number of hydrogen-bond acceptors (Lipinski definition) is 3. The maximum atomic E-state index is 11.0. The fraction of sp³-hybridized carbons (Fsp3) is 0.0769. The molecule has 1 aromatic heterocycles. The quantitative estimate of drug-likeness (QED) is 0.773. The molecule has 0 saturated heterocycles. The van der Waals surface area contributed by atoms with E-state index in [0.29, 0.717) is 11.4 Å². The highest BCUT2D eigenvalue weighted by atomic mass is 16.1. The van der Waals surface area contributed by atoms with Gasteiger partial charge in [-0.15, -0.1) is 0 Å². The van der Waals surface area contributed by atoms with E-state index >= 15 is 0 Å². The van der Waals surface area contributed by atoms with Crippen molar-refractivity contribution in [2.45, 2.75) is 6.92 Å². The first kappa shape index (κ1) is 11.1. The third kappa shape index (κ3) is 2.60. The van der Waals surface area contributed by atoms with Crippen LogP contribution in [0.15, 0.2) is 42.7 Å². The molecule has 0 atom stereocenters. The maximum Gasteiger partial charge on any atom is 0.221 e. The van der Waals surface area contributed by atoms with Crippen molar-refractivity contribution in [3.05, 3.63) is 42.7 Å². The summed E-state index contributed by atoms with van der Waals surface area (Å²) in [5.74, 6) is -0.136. The number of rotatable bonds is 2. The number of hydrogen-bond donors (Lipinski definition) is 2. The van der Waals surface area contributed by atoms with Gasteiger partial charge in [0.1, 0.15) is 0 Å². The number of nitrogens with two attached hydrogens (primary N) is 1. The number of nitrogens with one attached hydrogen (secondary N) is 1. The molecule has 1 amide bonds. The van der Waals surface area contributed by atoms with Crippen LogP contribution in [-0.4, -0.2) is 10.9 Å². The van der Waals surface area contributed by atoms with Gasteiger partial charge in [-0.1, -0.05) is 6.07 Å². The number of nitrogen functional groups attached to an aromatic ring is 1.